The summed E-state index contributed by atoms with van der Waals surface area (Å²) >= 11 is 0. The second-order valence-electron chi connectivity index (χ2n) is 5.00. The first-order chi connectivity index (χ1) is 11.2. The molecule has 3 rings (SSSR count). The summed E-state index contributed by atoms with van der Waals surface area (Å²) in [5, 5.41) is 10.1. The number of esters is 1. The van der Waals surface area contributed by atoms with Gasteiger partial charge in [0, 0.05) is 6.08 Å². The maximum Gasteiger partial charge on any atom is 0.330 e. The fourth-order valence-electron chi connectivity index (χ4n) is 2.15. The highest BCUT2D eigenvalue weighted by Crippen LogP contribution is 2.34. The Bertz CT molecular complexity index is 709. The van der Waals surface area contributed by atoms with E-state index in [1.165, 1.54) is 6.08 Å². The number of hydrogen-bond acceptors (Lipinski definition) is 5. The molecule has 2 aromatic rings. The summed E-state index contributed by atoms with van der Waals surface area (Å²) in [6.07, 6.45) is 2.08. The normalized spacial score (nSPS) is 14.0. The van der Waals surface area contributed by atoms with Gasteiger partial charge in [0.05, 0.1) is 0 Å². The van der Waals surface area contributed by atoms with E-state index in [1.54, 1.807) is 24.3 Å². The first-order valence-electron chi connectivity index (χ1n) is 7.20. The van der Waals surface area contributed by atoms with Gasteiger partial charge in [0.1, 0.15) is 12.7 Å². The van der Waals surface area contributed by atoms with Crippen molar-refractivity contribution in [3.63, 3.8) is 0 Å². The summed E-state index contributed by atoms with van der Waals surface area (Å²) in [5.41, 5.74) is 1.51. The number of fused-ring (bicyclic) bond motifs is 1. The summed E-state index contributed by atoms with van der Waals surface area (Å²) in [5.74, 6) is 0.717. The van der Waals surface area contributed by atoms with Crippen LogP contribution in [0.4, 0.5) is 0 Å². The van der Waals surface area contributed by atoms with Crippen LogP contribution in [0.1, 0.15) is 17.2 Å². The Balaban J connectivity index is 1.53. The fourth-order valence-corrected chi connectivity index (χ4v) is 2.15. The smallest absolute Gasteiger partial charge is 0.330 e. The molecule has 1 aliphatic heterocycles. The molecular formula is C18H16O5. The molecule has 0 unspecified atom stereocenters. The van der Waals surface area contributed by atoms with E-state index >= 15 is 0 Å². The van der Waals surface area contributed by atoms with Crippen molar-refractivity contribution in [3.05, 3.63) is 65.7 Å². The zero-order chi connectivity index (χ0) is 16.1. The maximum absolute atomic E-state index is 11.7. The lowest BCUT2D eigenvalue weighted by atomic mass is 10.1. The second-order valence-corrected chi connectivity index (χ2v) is 5.00. The maximum atomic E-state index is 11.7. The van der Waals surface area contributed by atoms with Crippen LogP contribution in [0.25, 0.3) is 6.08 Å². The van der Waals surface area contributed by atoms with Crippen molar-refractivity contribution < 1.29 is 24.1 Å². The molecule has 0 aromatic heterocycles. The van der Waals surface area contributed by atoms with Crippen molar-refractivity contribution in [2.24, 2.45) is 0 Å². The van der Waals surface area contributed by atoms with Crippen LogP contribution in [-0.2, 0) is 9.53 Å². The van der Waals surface area contributed by atoms with E-state index in [4.69, 9.17) is 14.2 Å². The highest BCUT2D eigenvalue weighted by atomic mass is 16.7. The second kappa shape index (κ2) is 6.98. The lowest BCUT2D eigenvalue weighted by Gasteiger charge is -2.11. The average molecular weight is 312 g/mol. The summed E-state index contributed by atoms with van der Waals surface area (Å²) in [7, 11) is 0. The molecule has 1 aliphatic rings. The van der Waals surface area contributed by atoms with Crippen LogP contribution >= 0.6 is 0 Å². The number of benzene rings is 2. The number of aliphatic hydroxyl groups excluding tert-OH is 1. The molecule has 1 N–H and O–H groups in total. The molecule has 5 nitrogen and oxygen atoms in total. The zero-order valence-corrected chi connectivity index (χ0v) is 12.3. The van der Waals surface area contributed by atoms with E-state index in [-0.39, 0.29) is 13.4 Å². The molecule has 0 radical (unpaired) electrons. The largest absolute Gasteiger partial charge is 0.459 e. The van der Waals surface area contributed by atoms with Crippen molar-refractivity contribution in [1.82, 2.24) is 0 Å². The third-order valence-electron chi connectivity index (χ3n) is 3.38. The van der Waals surface area contributed by atoms with Crippen molar-refractivity contribution in [1.29, 1.82) is 0 Å². The van der Waals surface area contributed by atoms with Gasteiger partial charge in [0.15, 0.2) is 11.5 Å². The third-order valence-corrected chi connectivity index (χ3v) is 3.38. The van der Waals surface area contributed by atoms with E-state index < -0.39 is 12.1 Å². The van der Waals surface area contributed by atoms with Gasteiger partial charge in [-0.1, -0.05) is 36.4 Å². The number of carbonyl (C=O) groups is 1. The number of aliphatic hydroxyl groups is 1. The lowest BCUT2D eigenvalue weighted by Crippen LogP contribution is -2.10. The molecule has 0 bridgehead atoms. The molecule has 2 aromatic carbocycles. The van der Waals surface area contributed by atoms with E-state index in [2.05, 4.69) is 0 Å². The number of rotatable bonds is 5. The predicted molar refractivity (Wildman–Crippen MR) is 84.0 cm³/mol. The monoisotopic (exact) mass is 312 g/mol. The van der Waals surface area contributed by atoms with E-state index in [9.17, 15) is 9.90 Å². The predicted octanol–water partition coefficient (Wildman–Crippen LogP) is 2.71. The van der Waals surface area contributed by atoms with Gasteiger partial charge in [-0.15, -0.1) is 0 Å². The molecule has 0 aliphatic carbocycles. The Kier molecular flexibility index (Phi) is 4.59. The van der Waals surface area contributed by atoms with Crippen LogP contribution in [0.15, 0.2) is 54.6 Å². The van der Waals surface area contributed by atoms with Gasteiger partial charge >= 0.3 is 5.97 Å². The van der Waals surface area contributed by atoms with Crippen molar-refractivity contribution >= 4 is 12.0 Å². The standard InChI is InChI=1S/C18H16O5/c19-15(14-7-8-16-17(10-14)23-12-22-16)11-21-18(20)9-6-13-4-2-1-3-5-13/h1-10,15,19H,11-12H2/b9-6+/t15-/m0/s1. The SMILES string of the molecule is O=C(/C=C/c1ccccc1)OC[C@H](O)c1ccc2c(c1)OCO2. The van der Waals surface area contributed by atoms with Crippen LogP contribution in [-0.4, -0.2) is 24.5 Å². The lowest BCUT2D eigenvalue weighted by molar-refractivity contribution is -0.140. The van der Waals surface area contributed by atoms with Gasteiger partial charge in [0.2, 0.25) is 6.79 Å². The molecule has 0 amide bonds. The molecule has 0 fully saturated rings. The molecule has 0 saturated carbocycles. The zero-order valence-electron chi connectivity index (χ0n) is 12.3. The van der Waals surface area contributed by atoms with E-state index in [0.29, 0.717) is 17.1 Å². The number of ether oxygens (including phenoxy) is 3. The van der Waals surface area contributed by atoms with Crippen LogP contribution in [0.2, 0.25) is 0 Å². The van der Waals surface area contributed by atoms with Gasteiger partial charge in [0.25, 0.3) is 0 Å². The Morgan fingerprint density at radius 2 is 1.96 bits per heavy atom. The van der Waals surface area contributed by atoms with Gasteiger partial charge in [-0.25, -0.2) is 4.79 Å². The van der Waals surface area contributed by atoms with Gasteiger partial charge in [-0.3, -0.25) is 0 Å². The van der Waals surface area contributed by atoms with Crippen LogP contribution in [0.5, 0.6) is 11.5 Å². The summed E-state index contributed by atoms with van der Waals surface area (Å²) in [4.78, 5) is 11.7. The highest BCUT2D eigenvalue weighted by molar-refractivity contribution is 5.87. The topological polar surface area (TPSA) is 65.0 Å². The summed E-state index contributed by atoms with van der Waals surface area (Å²) < 4.78 is 15.5. The van der Waals surface area contributed by atoms with Gasteiger partial charge in [-0.05, 0) is 29.3 Å². The minimum atomic E-state index is -0.918. The first-order valence-corrected chi connectivity index (χ1v) is 7.20. The Hall–Kier alpha value is -2.79. The summed E-state index contributed by atoms with van der Waals surface area (Å²) in [6, 6.07) is 14.5. The van der Waals surface area contributed by atoms with Crippen LogP contribution in [0.3, 0.4) is 0 Å². The highest BCUT2D eigenvalue weighted by Gasteiger charge is 2.17. The van der Waals surface area contributed by atoms with Crippen LogP contribution in [0, 0.1) is 0 Å². The van der Waals surface area contributed by atoms with Crippen LogP contribution < -0.4 is 9.47 Å². The molecular weight excluding hydrogens is 296 g/mol. The van der Waals surface area contributed by atoms with Crippen molar-refractivity contribution in [2.45, 2.75) is 6.10 Å². The average Bonchev–Trinajstić information content (AvgIpc) is 3.06. The molecule has 1 heterocycles. The Labute approximate surface area is 133 Å². The van der Waals surface area contributed by atoms with Gasteiger partial charge < -0.3 is 19.3 Å². The quantitative estimate of drug-likeness (QED) is 0.679. The van der Waals surface area contributed by atoms with E-state index in [0.717, 1.165) is 5.56 Å². The molecule has 23 heavy (non-hydrogen) atoms. The van der Waals surface area contributed by atoms with Gasteiger partial charge in [-0.2, -0.15) is 0 Å². The fraction of sp³-hybridized carbons (Fsp3) is 0.167. The third kappa shape index (κ3) is 3.90. The number of hydrogen-bond donors (Lipinski definition) is 1. The van der Waals surface area contributed by atoms with Crippen molar-refractivity contribution in [2.75, 3.05) is 13.4 Å². The molecule has 5 heteroatoms. The Morgan fingerprint density at radius 1 is 1.17 bits per heavy atom. The summed E-state index contributed by atoms with van der Waals surface area (Å²) in [6.45, 7) is 0.0474. The minimum absolute atomic E-state index is 0.127. The molecule has 1 atom stereocenters. The minimum Gasteiger partial charge on any atom is -0.459 e. The molecule has 0 saturated heterocycles. The van der Waals surface area contributed by atoms with E-state index in [1.807, 2.05) is 30.3 Å². The first kappa shape index (κ1) is 15.1. The van der Waals surface area contributed by atoms with Crippen molar-refractivity contribution in [3.8, 4) is 11.5 Å². The molecule has 118 valence electrons. The number of carbonyl (C=O) groups excluding carboxylic acids is 1. The Morgan fingerprint density at radius 3 is 2.78 bits per heavy atom. The molecule has 0 spiro atoms.